The van der Waals surface area contributed by atoms with E-state index in [1.54, 1.807) is 6.07 Å². The minimum atomic E-state index is 0.194. The molecular weight excluding hydrogens is 204 g/mol. The second-order valence-corrected chi connectivity index (χ2v) is 6.13. The standard InChI is InChI=1S/C13H18OS/c1-13(2)8-11(15-3)6-9-4-5-10(14)7-12(9)13/h4-5,7,11,14H,6,8H2,1-3H3. The summed E-state index contributed by atoms with van der Waals surface area (Å²) < 4.78 is 0. The summed E-state index contributed by atoms with van der Waals surface area (Å²) in [5.74, 6) is 0.393. The summed E-state index contributed by atoms with van der Waals surface area (Å²) in [5, 5.41) is 10.3. The number of benzene rings is 1. The van der Waals surface area contributed by atoms with Crippen LogP contribution < -0.4 is 0 Å². The number of fused-ring (bicyclic) bond motifs is 1. The summed E-state index contributed by atoms with van der Waals surface area (Å²) >= 11 is 1.95. The number of hydrogen-bond donors (Lipinski definition) is 1. The molecule has 0 bridgehead atoms. The smallest absolute Gasteiger partial charge is 0.115 e. The van der Waals surface area contributed by atoms with Gasteiger partial charge in [-0.2, -0.15) is 11.8 Å². The molecule has 0 aliphatic heterocycles. The lowest BCUT2D eigenvalue weighted by molar-refractivity contribution is 0.429. The Labute approximate surface area is 95.9 Å². The van der Waals surface area contributed by atoms with Crippen molar-refractivity contribution >= 4 is 11.8 Å². The Morgan fingerprint density at radius 3 is 2.80 bits per heavy atom. The zero-order valence-corrected chi connectivity index (χ0v) is 10.4. The fourth-order valence-electron chi connectivity index (χ4n) is 2.54. The molecule has 0 heterocycles. The van der Waals surface area contributed by atoms with Crippen LogP contribution in [0.25, 0.3) is 0 Å². The highest BCUT2D eigenvalue weighted by Crippen LogP contribution is 2.41. The van der Waals surface area contributed by atoms with Gasteiger partial charge in [0.25, 0.3) is 0 Å². The van der Waals surface area contributed by atoms with Crippen LogP contribution in [0.2, 0.25) is 0 Å². The molecule has 0 saturated carbocycles. The van der Waals surface area contributed by atoms with Crippen LogP contribution in [0.1, 0.15) is 31.4 Å². The fourth-order valence-corrected chi connectivity index (χ4v) is 3.47. The van der Waals surface area contributed by atoms with E-state index in [9.17, 15) is 5.11 Å². The number of phenols is 1. The number of phenolic OH excluding ortho intramolecular Hbond substituents is 1. The van der Waals surface area contributed by atoms with Gasteiger partial charge in [0.15, 0.2) is 0 Å². The topological polar surface area (TPSA) is 20.2 Å². The highest BCUT2D eigenvalue weighted by Gasteiger charge is 2.32. The van der Waals surface area contributed by atoms with Crippen molar-refractivity contribution in [3.05, 3.63) is 29.3 Å². The van der Waals surface area contributed by atoms with E-state index in [0.717, 1.165) is 11.7 Å². The van der Waals surface area contributed by atoms with Crippen molar-refractivity contribution in [1.29, 1.82) is 0 Å². The Balaban J connectivity index is 2.45. The molecule has 1 aromatic rings. The fraction of sp³-hybridized carbons (Fsp3) is 0.538. The third-order valence-corrected chi connectivity index (χ3v) is 4.34. The lowest BCUT2D eigenvalue weighted by Crippen LogP contribution is -2.31. The summed E-state index contributed by atoms with van der Waals surface area (Å²) in [5.41, 5.74) is 2.93. The number of rotatable bonds is 1. The maximum Gasteiger partial charge on any atom is 0.115 e. The first-order valence-electron chi connectivity index (χ1n) is 5.38. The molecule has 2 heteroatoms. The van der Waals surface area contributed by atoms with Crippen molar-refractivity contribution in [2.75, 3.05) is 6.26 Å². The predicted molar refractivity (Wildman–Crippen MR) is 66.8 cm³/mol. The Morgan fingerprint density at radius 2 is 2.13 bits per heavy atom. The van der Waals surface area contributed by atoms with Gasteiger partial charge in [-0.15, -0.1) is 0 Å². The van der Waals surface area contributed by atoms with E-state index in [4.69, 9.17) is 0 Å². The minimum absolute atomic E-state index is 0.194. The van der Waals surface area contributed by atoms with Gasteiger partial charge in [0.05, 0.1) is 0 Å². The Hall–Kier alpha value is -0.630. The molecular formula is C13H18OS. The quantitative estimate of drug-likeness (QED) is 0.786. The van der Waals surface area contributed by atoms with E-state index >= 15 is 0 Å². The molecule has 0 amide bonds. The second kappa shape index (κ2) is 3.75. The molecule has 0 radical (unpaired) electrons. The maximum absolute atomic E-state index is 9.54. The van der Waals surface area contributed by atoms with Gasteiger partial charge in [-0.1, -0.05) is 19.9 Å². The van der Waals surface area contributed by atoms with Crippen LogP contribution in [0, 0.1) is 0 Å². The lowest BCUT2D eigenvalue weighted by atomic mass is 9.72. The molecule has 0 spiro atoms. The third-order valence-electron chi connectivity index (χ3n) is 3.34. The van der Waals surface area contributed by atoms with Crippen LogP contribution in [0.4, 0.5) is 0 Å². The van der Waals surface area contributed by atoms with Crippen LogP contribution in [-0.4, -0.2) is 16.6 Å². The molecule has 0 aromatic heterocycles. The highest BCUT2D eigenvalue weighted by molar-refractivity contribution is 7.99. The molecule has 1 atom stereocenters. The summed E-state index contributed by atoms with van der Waals surface area (Å²) in [6.07, 6.45) is 4.52. The second-order valence-electron chi connectivity index (χ2n) is 4.99. The van der Waals surface area contributed by atoms with Crippen LogP contribution in [0.15, 0.2) is 18.2 Å². The van der Waals surface area contributed by atoms with Crippen LogP contribution >= 0.6 is 11.8 Å². The van der Waals surface area contributed by atoms with Crippen molar-refractivity contribution in [2.24, 2.45) is 0 Å². The van der Waals surface area contributed by atoms with Gasteiger partial charge in [-0.05, 0) is 47.8 Å². The Bertz CT molecular complexity index is 371. The molecule has 15 heavy (non-hydrogen) atoms. The summed E-state index contributed by atoms with van der Waals surface area (Å²) in [6.45, 7) is 4.54. The van der Waals surface area contributed by atoms with E-state index in [1.807, 2.05) is 17.8 Å². The average molecular weight is 222 g/mol. The third kappa shape index (κ3) is 2.00. The van der Waals surface area contributed by atoms with Crippen molar-refractivity contribution in [3.8, 4) is 5.75 Å². The first-order chi connectivity index (χ1) is 7.03. The van der Waals surface area contributed by atoms with Crippen molar-refractivity contribution in [2.45, 2.75) is 37.4 Å². The van der Waals surface area contributed by atoms with Crippen molar-refractivity contribution < 1.29 is 5.11 Å². The number of hydrogen-bond acceptors (Lipinski definition) is 2. The monoisotopic (exact) mass is 222 g/mol. The van der Waals surface area contributed by atoms with E-state index in [-0.39, 0.29) is 5.41 Å². The largest absolute Gasteiger partial charge is 0.508 e. The summed E-state index contributed by atoms with van der Waals surface area (Å²) in [6, 6.07) is 5.82. The molecule has 1 N–H and O–H groups in total. The molecule has 2 rings (SSSR count). The Kier molecular flexibility index (Phi) is 2.72. The molecule has 0 fully saturated rings. The predicted octanol–water partition coefficient (Wildman–Crippen LogP) is 3.35. The van der Waals surface area contributed by atoms with Crippen LogP contribution in [-0.2, 0) is 11.8 Å². The van der Waals surface area contributed by atoms with Gasteiger partial charge in [0.2, 0.25) is 0 Å². The van der Waals surface area contributed by atoms with Gasteiger partial charge in [-0.25, -0.2) is 0 Å². The molecule has 1 nitrogen and oxygen atoms in total. The van der Waals surface area contributed by atoms with E-state index in [0.29, 0.717) is 5.75 Å². The molecule has 1 unspecified atom stereocenters. The van der Waals surface area contributed by atoms with Gasteiger partial charge in [0.1, 0.15) is 5.75 Å². The van der Waals surface area contributed by atoms with E-state index in [2.05, 4.69) is 26.2 Å². The first-order valence-corrected chi connectivity index (χ1v) is 6.67. The number of aromatic hydroxyl groups is 1. The molecule has 1 aliphatic rings. The van der Waals surface area contributed by atoms with E-state index < -0.39 is 0 Å². The van der Waals surface area contributed by atoms with Gasteiger partial charge < -0.3 is 5.11 Å². The molecule has 1 aliphatic carbocycles. The SMILES string of the molecule is CSC1Cc2ccc(O)cc2C(C)(C)C1. The van der Waals surface area contributed by atoms with Gasteiger partial charge in [0, 0.05) is 5.25 Å². The normalized spacial score (nSPS) is 23.5. The number of thioether (sulfide) groups is 1. The van der Waals surface area contributed by atoms with Crippen LogP contribution in [0.3, 0.4) is 0 Å². The zero-order valence-electron chi connectivity index (χ0n) is 9.58. The molecule has 1 aromatic carbocycles. The summed E-state index contributed by atoms with van der Waals surface area (Å²) in [4.78, 5) is 0. The van der Waals surface area contributed by atoms with Gasteiger partial charge in [-0.3, -0.25) is 0 Å². The van der Waals surface area contributed by atoms with Crippen molar-refractivity contribution in [3.63, 3.8) is 0 Å². The molecule has 82 valence electrons. The zero-order chi connectivity index (χ0) is 11.1. The van der Waals surface area contributed by atoms with Gasteiger partial charge >= 0.3 is 0 Å². The minimum Gasteiger partial charge on any atom is -0.508 e. The summed E-state index contributed by atoms with van der Waals surface area (Å²) in [7, 11) is 0. The van der Waals surface area contributed by atoms with Crippen molar-refractivity contribution in [1.82, 2.24) is 0 Å². The Morgan fingerprint density at radius 1 is 1.40 bits per heavy atom. The van der Waals surface area contributed by atoms with E-state index in [1.165, 1.54) is 17.5 Å². The molecule has 0 saturated heterocycles. The highest BCUT2D eigenvalue weighted by atomic mass is 32.2. The maximum atomic E-state index is 9.54. The first kappa shape index (κ1) is 10.9. The van der Waals surface area contributed by atoms with Crippen LogP contribution in [0.5, 0.6) is 5.75 Å². The lowest BCUT2D eigenvalue weighted by Gasteiger charge is -2.37. The average Bonchev–Trinajstić information content (AvgIpc) is 2.18.